The number of aliphatic hydroxyl groups excluding tert-OH is 8. The molecule has 45 heavy (non-hydrogen) atoms. The number of primary amides is 1. The second kappa shape index (κ2) is 25.1. The molecule has 0 aromatic rings. The van der Waals surface area contributed by atoms with Crippen LogP contribution in [-0.4, -0.2) is 121 Å². The molecule has 0 aromatic carbocycles. The molecule has 13 nitrogen and oxygen atoms in total. The van der Waals surface area contributed by atoms with Gasteiger partial charge in [0.15, 0.2) is 12.6 Å². The maximum atomic E-state index is 10.6. The molecule has 0 unspecified atom stereocenters. The highest BCUT2D eigenvalue weighted by molar-refractivity contribution is 5.73. The quantitative estimate of drug-likeness (QED) is 0.0748. The van der Waals surface area contributed by atoms with E-state index in [4.69, 9.17) is 25.1 Å². The number of hydrogen-bond donors (Lipinski definition) is 9. The van der Waals surface area contributed by atoms with Crippen LogP contribution >= 0.6 is 0 Å². The molecule has 0 saturated carbocycles. The standard InChI is InChI=1S/C20H41NO.C12H22O11/c1-2-3-4-5-6-7-8-9-10-11-12-13-14-15-16-17-18-19-20(21)22;13-1-3-5(15)6(16)9(19)12(22-3)23-10-4(2-14)21-11(20)8(18)7(10)17/h2-19H2,1H3,(H2,21,22);3-20H,1-2H2/t;3-,4-,5+,6+,7-,8-,9-,10-,11+,12+/m.1/s1. The first-order valence-corrected chi connectivity index (χ1v) is 17.1. The fraction of sp³-hybridized carbons (Fsp3) is 0.969. The van der Waals surface area contributed by atoms with Crippen molar-refractivity contribution in [3.8, 4) is 0 Å². The van der Waals surface area contributed by atoms with E-state index < -0.39 is 74.6 Å². The summed E-state index contributed by atoms with van der Waals surface area (Å²) >= 11 is 0. The molecular weight excluding hydrogens is 590 g/mol. The van der Waals surface area contributed by atoms with Crippen molar-refractivity contribution in [1.29, 1.82) is 0 Å². The van der Waals surface area contributed by atoms with Gasteiger partial charge in [0.05, 0.1) is 13.2 Å². The molecule has 13 heteroatoms. The first-order chi connectivity index (χ1) is 21.6. The van der Waals surface area contributed by atoms with Crippen molar-refractivity contribution in [3.63, 3.8) is 0 Å². The highest BCUT2D eigenvalue weighted by Crippen LogP contribution is 2.28. The summed E-state index contributed by atoms with van der Waals surface area (Å²) in [4.78, 5) is 10.6. The van der Waals surface area contributed by atoms with Crippen molar-refractivity contribution < 1.29 is 59.9 Å². The normalized spacial score (nSPS) is 31.8. The number of nitrogens with two attached hydrogens (primary N) is 1. The molecule has 2 fully saturated rings. The van der Waals surface area contributed by atoms with Gasteiger partial charge in [0.25, 0.3) is 0 Å². The monoisotopic (exact) mass is 653 g/mol. The summed E-state index contributed by atoms with van der Waals surface area (Å²) in [5, 5.41) is 76.5. The molecule has 2 aliphatic heterocycles. The molecule has 10 atom stereocenters. The Kier molecular flexibility index (Phi) is 23.5. The van der Waals surface area contributed by atoms with Crippen molar-refractivity contribution in [2.45, 2.75) is 184 Å². The molecule has 2 aliphatic rings. The van der Waals surface area contributed by atoms with Gasteiger partial charge in [-0.2, -0.15) is 0 Å². The number of hydrogen-bond acceptors (Lipinski definition) is 12. The van der Waals surface area contributed by atoms with Crippen molar-refractivity contribution in [1.82, 2.24) is 0 Å². The lowest BCUT2D eigenvalue weighted by atomic mass is 9.97. The largest absolute Gasteiger partial charge is 0.394 e. The Morgan fingerprint density at radius 3 is 1.44 bits per heavy atom. The van der Waals surface area contributed by atoms with Gasteiger partial charge in [0, 0.05) is 6.42 Å². The van der Waals surface area contributed by atoms with Gasteiger partial charge in [0.1, 0.15) is 48.8 Å². The maximum absolute atomic E-state index is 10.6. The zero-order valence-electron chi connectivity index (χ0n) is 27.2. The molecule has 2 rings (SSSR count). The molecule has 0 aromatic heterocycles. The predicted molar refractivity (Wildman–Crippen MR) is 167 cm³/mol. The van der Waals surface area contributed by atoms with Gasteiger partial charge in [-0.25, -0.2) is 0 Å². The first-order valence-electron chi connectivity index (χ1n) is 17.1. The molecule has 0 spiro atoms. The summed E-state index contributed by atoms with van der Waals surface area (Å²) < 4.78 is 15.3. The van der Waals surface area contributed by atoms with Crippen LogP contribution in [0.2, 0.25) is 0 Å². The average Bonchev–Trinajstić information content (AvgIpc) is 3.02. The van der Waals surface area contributed by atoms with E-state index in [1.807, 2.05) is 0 Å². The average molecular weight is 654 g/mol. The van der Waals surface area contributed by atoms with Crippen LogP contribution in [0.25, 0.3) is 0 Å². The van der Waals surface area contributed by atoms with Gasteiger partial charge in [0.2, 0.25) is 5.91 Å². The number of aliphatic hydroxyl groups is 8. The van der Waals surface area contributed by atoms with Crippen molar-refractivity contribution in [2.24, 2.45) is 5.73 Å². The molecule has 268 valence electrons. The number of ether oxygens (including phenoxy) is 3. The third kappa shape index (κ3) is 16.6. The van der Waals surface area contributed by atoms with E-state index >= 15 is 0 Å². The number of amides is 1. The summed E-state index contributed by atoms with van der Waals surface area (Å²) in [5.41, 5.74) is 5.12. The Morgan fingerprint density at radius 2 is 1.02 bits per heavy atom. The van der Waals surface area contributed by atoms with Gasteiger partial charge in [-0.15, -0.1) is 0 Å². The number of rotatable bonds is 22. The van der Waals surface area contributed by atoms with E-state index in [1.54, 1.807) is 0 Å². The molecule has 2 heterocycles. The fourth-order valence-electron chi connectivity index (χ4n) is 5.59. The van der Waals surface area contributed by atoms with Crippen molar-refractivity contribution in [2.75, 3.05) is 13.2 Å². The van der Waals surface area contributed by atoms with Crippen LogP contribution in [0.1, 0.15) is 122 Å². The zero-order chi connectivity index (χ0) is 33.6. The van der Waals surface area contributed by atoms with E-state index in [0.717, 1.165) is 6.42 Å². The SMILES string of the molecule is CCCCCCCCCCCCCCCCCCCC(N)=O.OC[C@H]1O[C@@H](O[C@H]2[C@H](O)[C@@H](O)[C@@H](O)O[C@@H]2CO)[C@H](O)[C@@H](O)[C@H]1O. The third-order valence-corrected chi connectivity index (χ3v) is 8.51. The van der Waals surface area contributed by atoms with Crippen LogP contribution in [0, 0.1) is 0 Å². The van der Waals surface area contributed by atoms with Crippen LogP contribution in [0.3, 0.4) is 0 Å². The molecule has 0 aliphatic carbocycles. The highest BCUT2D eigenvalue weighted by Gasteiger charge is 2.50. The molecule has 1 amide bonds. The third-order valence-electron chi connectivity index (χ3n) is 8.51. The van der Waals surface area contributed by atoms with E-state index in [1.165, 1.54) is 103 Å². The maximum Gasteiger partial charge on any atom is 0.217 e. The minimum atomic E-state index is -1.74. The molecule has 2 saturated heterocycles. The predicted octanol–water partition coefficient (Wildman–Crippen LogP) is 1.12. The van der Waals surface area contributed by atoms with Gasteiger partial charge < -0.3 is 60.8 Å². The van der Waals surface area contributed by atoms with Crippen LogP contribution in [0.5, 0.6) is 0 Å². The second-order valence-corrected chi connectivity index (χ2v) is 12.4. The number of carbonyl (C=O) groups excluding carboxylic acids is 1. The Labute approximate surface area is 268 Å². The lowest BCUT2D eigenvalue weighted by Crippen LogP contribution is -2.64. The molecule has 0 radical (unpaired) electrons. The number of unbranched alkanes of at least 4 members (excludes halogenated alkanes) is 16. The summed E-state index contributed by atoms with van der Waals surface area (Å²) in [6.45, 7) is 0.937. The Morgan fingerprint density at radius 1 is 0.578 bits per heavy atom. The van der Waals surface area contributed by atoms with Crippen molar-refractivity contribution in [3.05, 3.63) is 0 Å². The Hall–Kier alpha value is -0.970. The smallest absolute Gasteiger partial charge is 0.217 e. The Balaban J connectivity index is 0.000000451. The first kappa shape index (κ1) is 42.1. The second-order valence-electron chi connectivity index (χ2n) is 12.4. The minimum Gasteiger partial charge on any atom is -0.394 e. The summed E-state index contributed by atoms with van der Waals surface area (Å²) in [5.74, 6) is -0.152. The Bertz CT molecular complexity index is 730. The van der Waals surface area contributed by atoms with E-state index in [2.05, 4.69) is 6.92 Å². The van der Waals surface area contributed by atoms with Gasteiger partial charge in [-0.3, -0.25) is 4.79 Å². The van der Waals surface area contributed by atoms with E-state index in [-0.39, 0.29) is 5.91 Å². The van der Waals surface area contributed by atoms with Gasteiger partial charge in [-0.05, 0) is 6.42 Å². The van der Waals surface area contributed by atoms with Crippen LogP contribution < -0.4 is 5.73 Å². The fourth-order valence-corrected chi connectivity index (χ4v) is 5.59. The van der Waals surface area contributed by atoms with Crippen LogP contribution in [0.15, 0.2) is 0 Å². The van der Waals surface area contributed by atoms with Crippen LogP contribution in [0.4, 0.5) is 0 Å². The van der Waals surface area contributed by atoms with Gasteiger partial charge in [-0.1, -0.05) is 110 Å². The molecule has 10 N–H and O–H groups in total. The molecular formula is C32H63NO12. The lowest BCUT2D eigenvalue weighted by Gasteiger charge is -2.45. The number of carbonyl (C=O) groups is 1. The van der Waals surface area contributed by atoms with E-state index in [9.17, 15) is 40.5 Å². The molecule has 0 bridgehead atoms. The van der Waals surface area contributed by atoms with Gasteiger partial charge >= 0.3 is 0 Å². The summed E-state index contributed by atoms with van der Waals surface area (Å²) in [7, 11) is 0. The van der Waals surface area contributed by atoms with E-state index in [0.29, 0.717) is 6.42 Å². The topological polar surface area (TPSA) is 233 Å². The van der Waals surface area contributed by atoms with Crippen LogP contribution in [-0.2, 0) is 19.0 Å². The van der Waals surface area contributed by atoms with Crippen molar-refractivity contribution >= 4 is 5.91 Å². The zero-order valence-corrected chi connectivity index (χ0v) is 27.2. The lowest BCUT2D eigenvalue weighted by molar-refractivity contribution is -0.355. The summed E-state index contributed by atoms with van der Waals surface area (Å²) in [6.07, 6.45) is 8.26. The highest BCUT2D eigenvalue weighted by atomic mass is 16.7. The summed E-state index contributed by atoms with van der Waals surface area (Å²) in [6, 6.07) is 0. The minimum absolute atomic E-state index is 0.152.